The van der Waals surface area contributed by atoms with Crippen molar-refractivity contribution in [3.05, 3.63) is 62.3 Å². The molecule has 3 rings (SSSR count). The molecule has 2 aromatic heterocycles. The Hall–Kier alpha value is -2.58. The topological polar surface area (TPSA) is 75.2 Å². The van der Waals surface area contributed by atoms with Gasteiger partial charge in [0.25, 0.3) is 5.91 Å². The van der Waals surface area contributed by atoms with Gasteiger partial charge in [-0.25, -0.2) is 0 Å². The normalized spacial score (nSPS) is 12.5. The van der Waals surface area contributed by atoms with Crippen LogP contribution >= 0.6 is 22.9 Å². The molecule has 0 radical (unpaired) electrons. The summed E-state index contributed by atoms with van der Waals surface area (Å²) < 4.78 is 3.85. The fraction of sp³-hybridized carbons (Fsp3) is 0.364. The molecule has 0 saturated heterocycles. The molecule has 0 aliphatic heterocycles. The highest BCUT2D eigenvalue weighted by molar-refractivity contribution is 7.10. The summed E-state index contributed by atoms with van der Waals surface area (Å²) in [6.45, 7) is 11.7. The van der Waals surface area contributed by atoms with Crippen LogP contribution in [0.25, 0.3) is 0 Å². The zero-order chi connectivity index (χ0) is 22.1. The van der Waals surface area contributed by atoms with Crippen LogP contribution in [0.1, 0.15) is 58.9 Å². The van der Waals surface area contributed by atoms with Gasteiger partial charge >= 0.3 is 0 Å². The van der Waals surface area contributed by atoms with Gasteiger partial charge in [-0.15, -0.1) is 16.4 Å². The van der Waals surface area contributed by atoms with E-state index < -0.39 is 11.6 Å². The second-order valence-corrected chi connectivity index (χ2v) is 9.92. The molecule has 158 valence electrons. The molecule has 0 aliphatic rings. The standard InChI is InChI=1S/C22H26N4O2S2/c1-13-7-8-14(2)17(11-13)26(21(28)16-12-30-25-24-16)18(19-15(3)9-10-29-19)20(27)23-22(4,5)6/h7-12,18H,1-6H3,(H,23,27). The lowest BCUT2D eigenvalue weighted by Gasteiger charge is -2.34. The maximum Gasteiger partial charge on any atom is 0.280 e. The highest BCUT2D eigenvalue weighted by atomic mass is 32.1. The number of benzene rings is 1. The van der Waals surface area contributed by atoms with Crippen molar-refractivity contribution >= 4 is 40.4 Å². The SMILES string of the molecule is Cc1ccc(C)c(N(C(=O)c2csnn2)C(C(=O)NC(C)(C)C)c2sccc2C)c1. The number of nitrogens with one attached hydrogen (secondary N) is 1. The number of hydrogen-bond acceptors (Lipinski definition) is 6. The van der Waals surface area contributed by atoms with Crippen molar-refractivity contribution in [3.63, 3.8) is 0 Å². The Morgan fingerprint density at radius 3 is 2.40 bits per heavy atom. The van der Waals surface area contributed by atoms with E-state index >= 15 is 0 Å². The van der Waals surface area contributed by atoms with Gasteiger partial charge in [0.1, 0.15) is 0 Å². The van der Waals surface area contributed by atoms with Crippen LogP contribution in [0, 0.1) is 20.8 Å². The molecular weight excluding hydrogens is 416 g/mol. The van der Waals surface area contributed by atoms with E-state index in [1.165, 1.54) is 11.3 Å². The Morgan fingerprint density at radius 2 is 1.83 bits per heavy atom. The van der Waals surface area contributed by atoms with Crippen molar-refractivity contribution in [1.82, 2.24) is 14.9 Å². The van der Waals surface area contributed by atoms with Crippen LogP contribution in [0.4, 0.5) is 5.69 Å². The highest BCUT2D eigenvalue weighted by Gasteiger charge is 2.37. The zero-order valence-electron chi connectivity index (χ0n) is 18.0. The summed E-state index contributed by atoms with van der Waals surface area (Å²) in [5.74, 6) is -0.579. The minimum atomic E-state index is -0.820. The monoisotopic (exact) mass is 442 g/mol. The van der Waals surface area contributed by atoms with Crippen molar-refractivity contribution in [2.24, 2.45) is 0 Å². The summed E-state index contributed by atoms with van der Waals surface area (Å²) in [4.78, 5) is 29.6. The van der Waals surface area contributed by atoms with E-state index in [9.17, 15) is 9.59 Å². The van der Waals surface area contributed by atoms with Crippen LogP contribution in [0.5, 0.6) is 0 Å². The number of carbonyl (C=O) groups excluding carboxylic acids is 2. The van der Waals surface area contributed by atoms with Gasteiger partial charge in [0.2, 0.25) is 5.91 Å². The van der Waals surface area contributed by atoms with Gasteiger partial charge in [-0.05, 0) is 87.3 Å². The molecule has 30 heavy (non-hydrogen) atoms. The van der Waals surface area contributed by atoms with Crippen molar-refractivity contribution in [3.8, 4) is 0 Å². The van der Waals surface area contributed by atoms with Crippen molar-refractivity contribution in [2.75, 3.05) is 4.90 Å². The zero-order valence-corrected chi connectivity index (χ0v) is 19.6. The van der Waals surface area contributed by atoms with Gasteiger partial charge in [0, 0.05) is 21.5 Å². The first-order valence-corrected chi connectivity index (χ1v) is 11.3. The minimum Gasteiger partial charge on any atom is -0.349 e. The summed E-state index contributed by atoms with van der Waals surface area (Å²) in [6.07, 6.45) is 0. The number of amides is 2. The summed E-state index contributed by atoms with van der Waals surface area (Å²) in [7, 11) is 0. The largest absolute Gasteiger partial charge is 0.349 e. The third-order valence-electron chi connectivity index (χ3n) is 4.58. The third kappa shape index (κ3) is 4.76. The van der Waals surface area contributed by atoms with E-state index in [1.54, 1.807) is 10.3 Å². The molecule has 6 nitrogen and oxygen atoms in total. The summed E-state index contributed by atoms with van der Waals surface area (Å²) in [5.41, 5.74) is 3.34. The van der Waals surface area contributed by atoms with E-state index in [2.05, 4.69) is 14.9 Å². The fourth-order valence-corrected chi connectivity index (χ4v) is 4.63. The number of aromatic nitrogens is 2. The molecule has 1 unspecified atom stereocenters. The molecule has 1 aromatic carbocycles. The molecule has 3 aromatic rings. The third-order valence-corrected chi connectivity index (χ3v) is 6.15. The average molecular weight is 443 g/mol. The number of nitrogens with zero attached hydrogens (tertiary/aromatic N) is 3. The molecule has 0 saturated carbocycles. The van der Waals surface area contributed by atoms with Crippen LogP contribution in [0.3, 0.4) is 0 Å². The van der Waals surface area contributed by atoms with E-state index in [4.69, 9.17) is 0 Å². The summed E-state index contributed by atoms with van der Waals surface area (Å²) >= 11 is 2.58. The Kier molecular flexibility index (Phi) is 6.38. The Bertz CT molecular complexity index is 1050. The van der Waals surface area contributed by atoms with Crippen LogP contribution in [-0.2, 0) is 4.79 Å². The molecule has 2 amide bonds. The lowest BCUT2D eigenvalue weighted by molar-refractivity contribution is -0.123. The molecule has 0 aliphatic carbocycles. The van der Waals surface area contributed by atoms with Crippen LogP contribution < -0.4 is 10.2 Å². The smallest absolute Gasteiger partial charge is 0.280 e. The Balaban J connectivity index is 2.23. The van der Waals surface area contributed by atoms with Gasteiger partial charge in [-0.2, -0.15) is 0 Å². The lowest BCUT2D eigenvalue weighted by atomic mass is 10.0. The molecule has 8 heteroatoms. The Morgan fingerprint density at radius 1 is 1.10 bits per heavy atom. The van der Waals surface area contributed by atoms with Crippen LogP contribution in [0.15, 0.2) is 35.0 Å². The molecule has 1 atom stereocenters. The molecule has 0 bridgehead atoms. The first-order valence-electron chi connectivity index (χ1n) is 9.62. The number of rotatable bonds is 5. The number of aryl methyl sites for hydroxylation is 3. The minimum absolute atomic E-state index is 0.226. The maximum absolute atomic E-state index is 13.6. The number of anilines is 1. The second-order valence-electron chi connectivity index (χ2n) is 8.36. The van der Waals surface area contributed by atoms with Crippen molar-refractivity contribution in [2.45, 2.75) is 53.1 Å². The average Bonchev–Trinajstić information content (AvgIpc) is 3.32. The molecule has 1 N–H and O–H groups in total. The van der Waals surface area contributed by atoms with E-state index in [1.807, 2.05) is 71.2 Å². The van der Waals surface area contributed by atoms with Gasteiger partial charge < -0.3 is 5.32 Å². The summed E-state index contributed by atoms with van der Waals surface area (Å²) in [5, 5.41) is 10.6. The van der Waals surface area contributed by atoms with Gasteiger partial charge in [-0.1, -0.05) is 16.6 Å². The van der Waals surface area contributed by atoms with Crippen LogP contribution in [0.2, 0.25) is 0 Å². The van der Waals surface area contributed by atoms with Gasteiger partial charge in [0.05, 0.1) is 0 Å². The van der Waals surface area contributed by atoms with Gasteiger partial charge in [-0.3, -0.25) is 14.5 Å². The quantitative estimate of drug-likeness (QED) is 0.614. The van der Waals surface area contributed by atoms with Crippen molar-refractivity contribution in [1.29, 1.82) is 0 Å². The molecule has 0 spiro atoms. The number of thiophene rings is 1. The predicted molar refractivity (Wildman–Crippen MR) is 122 cm³/mol. The highest BCUT2D eigenvalue weighted by Crippen LogP contribution is 2.36. The van der Waals surface area contributed by atoms with E-state index in [0.717, 1.165) is 33.1 Å². The van der Waals surface area contributed by atoms with Crippen LogP contribution in [-0.4, -0.2) is 26.9 Å². The van der Waals surface area contributed by atoms with E-state index in [0.29, 0.717) is 5.69 Å². The molecular formula is C22H26N4O2S2. The van der Waals surface area contributed by atoms with Gasteiger partial charge in [0.15, 0.2) is 11.7 Å². The first kappa shape index (κ1) is 22.1. The first-order chi connectivity index (χ1) is 14.1. The number of hydrogen-bond donors (Lipinski definition) is 1. The van der Waals surface area contributed by atoms with E-state index in [-0.39, 0.29) is 17.5 Å². The molecule has 0 fully saturated rings. The predicted octanol–water partition coefficient (Wildman–Crippen LogP) is 4.83. The maximum atomic E-state index is 13.6. The second kappa shape index (κ2) is 8.65. The summed E-state index contributed by atoms with van der Waals surface area (Å²) in [6, 6.07) is 7.04. The fourth-order valence-electron chi connectivity index (χ4n) is 3.18. The van der Waals surface area contributed by atoms with Crippen molar-refractivity contribution < 1.29 is 9.59 Å². The lowest BCUT2D eigenvalue weighted by Crippen LogP contribution is -2.49. The molecule has 2 heterocycles. The number of carbonyl (C=O) groups is 2. The Labute approximate surface area is 185 Å².